The molecule has 0 aliphatic heterocycles. The molecule has 0 radical (unpaired) electrons. The molecule has 0 aliphatic carbocycles. The van der Waals surface area contributed by atoms with Crippen LogP contribution >= 0.6 is 0 Å². The predicted molar refractivity (Wildman–Crippen MR) is 54.9 cm³/mol. The van der Waals surface area contributed by atoms with E-state index in [1.165, 1.54) is 5.57 Å². The lowest BCUT2D eigenvalue weighted by atomic mass is 10.3. The Morgan fingerprint density at radius 2 is 2.23 bits per heavy atom. The first-order valence-corrected chi connectivity index (χ1v) is 4.47. The Balaban J connectivity index is 3.23. The number of nitrogens with one attached hydrogen (secondary N) is 1. The summed E-state index contributed by atoms with van der Waals surface area (Å²) < 4.78 is 0. The molecule has 4 heteroatoms. The molecule has 4 N–H and O–H groups in total. The maximum Gasteiger partial charge on any atom is 0.139 e. The maximum atomic E-state index is 8.24. The third kappa shape index (κ3) is 8.88. The highest BCUT2D eigenvalue weighted by Crippen LogP contribution is 1.88. The molecule has 0 atom stereocenters. The number of nitrogens with two attached hydrogens (primary N) is 1. The SMILES string of the molecule is CC(C)=CCNCCCC(N)=NO. The Morgan fingerprint density at radius 3 is 2.77 bits per heavy atom. The number of rotatable bonds is 6. The summed E-state index contributed by atoms with van der Waals surface area (Å²) in [5.41, 5.74) is 6.61. The van der Waals surface area contributed by atoms with Crippen molar-refractivity contribution in [2.24, 2.45) is 10.9 Å². The standard InChI is InChI=1S/C9H19N3O/c1-8(2)5-7-11-6-3-4-9(10)12-13/h5,11,13H,3-4,6-7H2,1-2H3,(H2,10,12). The molecule has 0 aromatic heterocycles. The van der Waals surface area contributed by atoms with Gasteiger partial charge in [-0.1, -0.05) is 16.8 Å². The average molecular weight is 185 g/mol. The highest BCUT2D eigenvalue weighted by Gasteiger charge is 1.91. The van der Waals surface area contributed by atoms with Crippen molar-refractivity contribution < 1.29 is 5.21 Å². The van der Waals surface area contributed by atoms with Crippen LogP contribution in [-0.4, -0.2) is 24.1 Å². The number of oxime groups is 1. The van der Waals surface area contributed by atoms with Crippen molar-refractivity contribution in [2.75, 3.05) is 13.1 Å². The molecule has 0 fully saturated rings. The van der Waals surface area contributed by atoms with E-state index in [-0.39, 0.29) is 0 Å². The van der Waals surface area contributed by atoms with Gasteiger partial charge in [-0.15, -0.1) is 0 Å². The molecule has 0 heterocycles. The van der Waals surface area contributed by atoms with Crippen molar-refractivity contribution in [2.45, 2.75) is 26.7 Å². The summed E-state index contributed by atoms with van der Waals surface area (Å²) in [5, 5.41) is 14.4. The van der Waals surface area contributed by atoms with Crippen molar-refractivity contribution in [3.05, 3.63) is 11.6 Å². The van der Waals surface area contributed by atoms with Crippen LogP contribution in [0.2, 0.25) is 0 Å². The van der Waals surface area contributed by atoms with Gasteiger partial charge in [0.15, 0.2) is 0 Å². The van der Waals surface area contributed by atoms with E-state index in [2.05, 4.69) is 30.4 Å². The summed E-state index contributed by atoms with van der Waals surface area (Å²) in [6, 6.07) is 0. The molecule has 0 rings (SSSR count). The third-order valence-electron chi connectivity index (χ3n) is 1.57. The first-order valence-electron chi connectivity index (χ1n) is 4.47. The number of amidine groups is 1. The van der Waals surface area contributed by atoms with E-state index in [9.17, 15) is 0 Å². The van der Waals surface area contributed by atoms with Crippen molar-refractivity contribution in [3.8, 4) is 0 Å². The molecule has 0 amide bonds. The second kappa shape index (κ2) is 7.61. The van der Waals surface area contributed by atoms with Crippen LogP contribution in [-0.2, 0) is 0 Å². The monoisotopic (exact) mass is 185 g/mol. The van der Waals surface area contributed by atoms with Crippen LogP contribution < -0.4 is 11.1 Å². The summed E-state index contributed by atoms with van der Waals surface area (Å²) in [4.78, 5) is 0. The second-order valence-corrected chi connectivity index (χ2v) is 3.18. The lowest BCUT2D eigenvalue weighted by molar-refractivity contribution is 0.316. The predicted octanol–water partition coefficient (Wildman–Crippen LogP) is 1.07. The summed E-state index contributed by atoms with van der Waals surface area (Å²) in [5.74, 6) is 0.295. The maximum absolute atomic E-state index is 8.24. The van der Waals surface area contributed by atoms with Gasteiger partial charge in [-0.3, -0.25) is 0 Å². The van der Waals surface area contributed by atoms with Crippen LogP contribution in [0, 0.1) is 0 Å². The van der Waals surface area contributed by atoms with Crippen molar-refractivity contribution in [1.82, 2.24) is 5.32 Å². The molecule has 0 unspecified atom stereocenters. The van der Waals surface area contributed by atoms with Crippen LogP contribution in [0.15, 0.2) is 16.8 Å². The largest absolute Gasteiger partial charge is 0.409 e. The fourth-order valence-corrected chi connectivity index (χ4v) is 0.823. The summed E-state index contributed by atoms with van der Waals surface area (Å²) in [7, 11) is 0. The van der Waals surface area contributed by atoms with Crippen molar-refractivity contribution >= 4 is 5.84 Å². The smallest absolute Gasteiger partial charge is 0.139 e. The number of hydrogen-bond acceptors (Lipinski definition) is 3. The zero-order chi connectivity index (χ0) is 10.1. The summed E-state index contributed by atoms with van der Waals surface area (Å²) >= 11 is 0. The van der Waals surface area contributed by atoms with Gasteiger partial charge in [-0.05, 0) is 26.8 Å². The van der Waals surface area contributed by atoms with Gasteiger partial charge in [0.25, 0.3) is 0 Å². The molecule has 76 valence electrons. The van der Waals surface area contributed by atoms with Gasteiger partial charge in [0, 0.05) is 13.0 Å². The number of nitrogens with zero attached hydrogens (tertiary/aromatic N) is 1. The molecule has 0 aromatic rings. The minimum Gasteiger partial charge on any atom is -0.409 e. The van der Waals surface area contributed by atoms with Crippen LogP contribution in [0.25, 0.3) is 0 Å². The molecule has 0 saturated carbocycles. The zero-order valence-electron chi connectivity index (χ0n) is 8.38. The van der Waals surface area contributed by atoms with Crippen molar-refractivity contribution in [1.29, 1.82) is 0 Å². The van der Waals surface area contributed by atoms with Crippen LogP contribution in [0.4, 0.5) is 0 Å². The quantitative estimate of drug-likeness (QED) is 0.145. The molecule has 13 heavy (non-hydrogen) atoms. The van der Waals surface area contributed by atoms with Gasteiger partial charge in [0.05, 0.1) is 0 Å². The number of allylic oxidation sites excluding steroid dienone is 1. The topological polar surface area (TPSA) is 70.6 Å². The Labute approximate surface area is 79.5 Å². The Bertz CT molecular complexity index is 183. The fraction of sp³-hybridized carbons (Fsp3) is 0.667. The van der Waals surface area contributed by atoms with E-state index in [4.69, 9.17) is 10.9 Å². The van der Waals surface area contributed by atoms with Crippen LogP contribution in [0.3, 0.4) is 0 Å². The van der Waals surface area contributed by atoms with Gasteiger partial charge < -0.3 is 16.3 Å². The summed E-state index contributed by atoms with van der Waals surface area (Å²) in [6.45, 7) is 5.91. The van der Waals surface area contributed by atoms with E-state index in [0.29, 0.717) is 12.3 Å². The minimum atomic E-state index is 0.295. The highest BCUT2D eigenvalue weighted by molar-refractivity contribution is 5.79. The molecular weight excluding hydrogens is 166 g/mol. The van der Waals surface area contributed by atoms with E-state index in [0.717, 1.165) is 19.5 Å². The highest BCUT2D eigenvalue weighted by atomic mass is 16.4. The third-order valence-corrected chi connectivity index (χ3v) is 1.57. The second-order valence-electron chi connectivity index (χ2n) is 3.18. The first kappa shape index (κ1) is 12.0. The van der Waals surface area contributed by atoms with E-state index < -0.39 is 0 Å². The lowest BCUT2D eigenvalue weighted by Crippen LogP contribution is -2.18. The lowest BCUT2D eigenvalue weighted by Gasteiger charge is -2.00. The van der Waals surface area contributed by atoms with Gasteiger partial charge in [0.2, 0.25) is 0 Å². The Hall–Kier alpha value is -1.03. The molecule has 4 nitrogen and oxygen atoms in total. The Kier molecular flexibility index (Phi) is 7.01. The molecular formula is C9H19N3O. The number of hydrogen-bond donors (Lipinski definition) is 3. The van der Waals surface area contributed by atoms with Gasteiger partial charge in [-0.25, -0.2) is 0 Å². The molecule has 0 aliphatic rings. The fourth-order valence-electron chi connectivity index (χ4n) is 0.823. The van der Waals surface area contributed by atoms with E-state index >= 15 is 0 Å². The van der Waals surface area contributed by atoms with Gasteiger partial charge in [-0.2, -0.15) is 0 Å². The van der Waals surface area contributed by atoms with E-state index in [1.54, 1.807) is 0 Å². The molecule has 0 saturated heterocycles. The molecule has 0 aromatic carbocycles. The average Bonchev–Trinajstić information content (AvgIpc) is 2.10. The first-order chi connectivity index (χ1) is 6.16. The Morgan fingerprint density at radius 1 is 1.54 bits per heavy atom. The minimum absolute atomic E-state index is 0.295. The molecule has 0 bridgehead atoms. The van der Waals surface area contributed by atoms with E-state index in [1.807, 2.05) is 0 Å². The normalized spacial score (nSPS) is 11.4. The van der Waals surface area contributed by atoms with Gasteiger partial charge in [0.1, 0.15) is 5.84 Å². The van der Waals surface area contributed by atoms with Crippen LogP contribution in [0.5, 0.6) is 0 Å². The summed E-state index contributed by atoms with van der Waals surface area (Å²) in [6.07, 6.45) is 3.66. The zero-order valence-corrected chi connectivity index (χ0v) is 8.38. The van der Waals surface area contributed by atoms with Crippen molar-refractivity contribution in [3.63, 3.8) is 0 Å². The van der Waals surface area contributed by atoms with Gasteiger partial charge >= 0.3 is 0 Å². The van der Waals surface area contributed by atoms with Crippen LogP contribution in [0.1, 0.15) is 26.7 Å². The molecule has 0 spiro atoms.